The van der Waals surface area contributed by atoms with Crippen LogP contribution in [0.3, 0.4) is 0 Å². The van der Waals surface area contributed by atoms with Crippen molar-refractivity contribution in [2.45, 2.75) is 13.3 Å². The van der Waals surface area contributed by atoms with Crippen LogP contribution in [0.2, 0.25) is 0 Å². The SMILES string of the molecule is Cc1nn(C)c(C(F)F)c1N. The average Bonchev–Trinajstić information content (AvgIpc) is 2.07. The molecule has 1 aromatic heterocycles. The number of nitrogens with two attached hydrogens (primary N) is 1. The van der Waals surface area contributed by atoms with Gasteiger partial charge >= 0.3 is 0 Å². The molecule has 0 bridgehead atoms. The molecule has 0 unspecified atom stereocenters. The Morgan fingerprint density at radius 1 is 1.55 bits per heavy atom. The predicted octanol–water partition coefficient (Wildman–Crippen LogP) is 1.25. The maximum absolute atomic E-state index is 12.2. The lowest BCUT2D eigenvalue weighted by molar-refractivity contribution is 0.141. The van der Waals surface area contributed by atoms with E-state index in [1.165, 1.54) is 7.05 Å². The van der Waals surface area contributed by atoms with E-state index in [9.17, 15) is 8.78 Å². The Morgan fingerprint density at radius 3 is 2.27 bits per heavy atom. The summed E-state index contributed by atoms with van der Waals surface area (Å²) in [5, 5.41) is 3.74. The first-order valence-electron chi connectivity index (χ1n) is 3.11. The van der Waals surface area contributed by atoms with Crippen LogP contribution in [-0.2, 0) is 7.05 Å². The number of aryl methyl sites for hydroxylation is 2. The van der Waals surface area contributed by atoms with Crippen LogP contribution < -0.4 is 5.73 Å². The summed E-state index contributed by atoms with van der Waals surface area (Å²) in [7, 11) is 1.45. The van der Waals surface area contributed by atoms with Gasteiger partial charge in [0.25, 0.3) is 6.43 Å². The molecule has 1 aromatic rings. The third-order valence-electron chi connectivity index (χ3n) is 1.52. The van der Waals surface area contributed by atoms with Crippen molar-refractivity contribution in [1.82, 2.24) is 9.78 Å². The molecule has 3 nitrogen and oxygen atoms in total. The maximum Gasteiger partial charge on any atom is 0.282 e. The van der Waals surface area contributed by atoms with Gasteiger partial charge in [0, 0.05) is 7.05 Å². The van der Waals surface area contributed by atoms with E-state index in [1.807, 2.05) is 0 Å². The molecule has 0 atom stereocenters. The number of anilines is 1. The fraction of sp³-hybridized carbons (Fsp3) is 0.500. The van der Waals surface area contributed by atoms with E-state index < -0.39 is 6.43 Å². The van der Waals surface area contributed by atoms with Gasteiger partial charge in [-0.1, -0.05) is 0 Å². The summed E-state index contributed by atoms with van der Waals surface area (Å²) in [6, 6.07) is 0. The fourth-order valence-corrected chi connectivity index (χ4v) is 0.951. The monoisotopic (exact) mass is 161 g/mol. The minimum atomic E-state index is -2.55. The van der Waals surface area contributed by atoms with Gasteiger partial charge < -0.3 is 5.73 Å². The second kappa shape index (κ2) is 2.48. The molecule has 0 aliphatic carbocycles. The van der Waals surface area contributed by atoms with Crippen LogP contribution in [0, 0.1) is 6.92 Å². The molecule has 0 saturated heterocycles. The van der Waals surface area contributed by atoms with Gasteiger partial charge in [-0.2, -0.15) is 5.10 Å². The summed E-state index contributed by atoms with van der Waals surface area (Å²) in [5.41, 5.74) is 5.67. The number of hydrogen-bond acceptors (Lipinski definition) is 2. The zero-order chi connectivity index (χ0) is 8.59. The van der Waals surface area contributed by atoms with Crippen LogP contribution in [0.5, 0.6) is 0 Å². The van der Waals surface area contributed by atoms with E-state index in [2.05, 4.69) is 5.10 Å². The van der Waals surface area contributed by atoms with Crippen molar-refractivity contribution in [1.29, 1.82) is 0 Å². The molecule has 1 heterocycles. The Balaban J connectivity index is 3.22. The first-order valence-corrected chi connectivity index (χ1v) is 3.11. The van der Waals surface area contributed by atoms with Crippen molar-refractivity contribution in [3.8, 4) is 0 Å². The molecule has 0 aliphatic heterocycles. The lowest BCUT2D eigenvalue weighted by Crippen LogP contribution is -2.00. The van der Waals surface area contributed by atoms with Crippen molar-refractivity contribution in [3.63, 3.8) is 0 Å². The topological polar surface area (TPSA) is 43.8 Å². The minimum absolute atomic E-state index is 0.0856. The minimum Gasteiger partial charge on any atom is -0.396 e. The smallest absolute Gasteiger partial charge is 0.282 e. The van der Waals surface area contributed by atoms with E-state index in [0.717, 1.165) is 4.68 Å². The highest BCUT2D eigenvalue weighted by molar-refractivity contribution is 5.48. The van der Waals surface area contributed by atoms with E-state index >= 15 is 0 Å². The number of nitrogens with zero attached hydrogens (tertiary/aromatic N) is 2. The summed E-state index contributed by atoms with van der Waals surface area (Å²) in [4.78, 5) is 0. The summed E-state index contributed by atoms with van der Waals surface area (Å²) >= 11 is 0. The van der Waals surface area contributed by atoms with Crippen LogP contribution in [0.15, 0.2) is 0 Å². The molecule has 0 saturated carbocycles. The molecular formula is C6H9F2N3. The predicted molar refractivity (Wildman–Crippen MR) is 37.3 cm³/mol. The fourth-order valence-electron chi connectivity index (χ4n) is 0.951. The second-order valence-electron chi connectivity index (χ2n) is 2.31. The Bertz CT molecular complexity index is 267. The lowest BCUT2D eigenvalue weighted by atomic mass is 10.3. The average molecular weight is 161 g/mol. The Kier molecular flexibility index (Phi) is 1.80. The van der Waals surface area contributed by atoms with Gasteiger partial charge in [0.15, 0.2) is 0 Å². The van der Waals surface area contributed by atoms with Crippen LogP contribution in [0.25, 0.3) is 0 Å². The molecule has 62 valence electrons. The van der Waals surface area contributed by atoms with Gasteiger partial charge in [-0.25, -0.2) is 8.78 Å². The van der Waals surface area contributed by atoms with Gasteiger partial charge in [-0.15, -0.1) is 0 Å². The van der Waals surface area contributed by atoms with Gasteiger partial charge in [0.2, 0.25) is 0 Å². The molecule has 0 spiro atoms. The molecule has 0 aliphatic rings. The molecule has 11 heavy (non-hydrogen) atoms. The number of aromatic nitrogens is 2. The molecule has 1 rings (SSSR count). The van der Waals surface area contributed by atoms with Crippen LogP contribution in [0.1, 0.15) is 17.8 Å². The quantitative estimate of drug-likeness (QED) is 0.673. The number of alkyl halides is 2. The summed E-state index contributed by atoms with van der Waals surface area (Å²) < 4.78 is 25.4. The highest BCUT2D eigenvalue weighted by Crippen LogP contribution is 2.26. The van der Waals surface area contributed by atoms with Crippen molar-refractivity contribution < 1.29 is 8.78 Å². The van der Waals surface area contributed by atoms with Crippen molar-refractivity contribution in [3.05, 3.63) is 11.4 Å². The van der Waals surface area contributed by atoms with E-state index in [-0.39, 0.29) is 11.4 Å². The van der Waals surface area contributed by atoms with Crippen molar-refractivity contribution in [2.75, 3.05) is 5.73 Å². The van der Waals surface area contributed by atoms with E-state index in [4.69, 9.17) is 5.73 Å². The van der Waals surface area contributed by atoms with E-state index in [1.54, 1.807) is 6.92 Å². The van der Waals surface area contributed by atoms with E-state index in [0.29, 0.717) is 5.69 Å². The summed E-state index contributed by atoms with van der Waals surface area (Å²) in [5.74, 6) is 0. The van der Waals surface area contributed by atoms with Gasteiger partial charge in [-0.3, -0.25) is 4.68 Å². The van der Waals surface area contributed by atoms with Gasteiger partial charge in [-0.05, 0) is 6.92 Å². The first-order chi connectivity index (χ1) is 5.04. The van der Waals surface area contributed by atoms with Gasteiger partial charge in [0.05, 0.1) is 11.4 Å². The molecule has 0 amide bonds. The van der Waals surface area contributed by atoms with Crippen molar-refractivity contribution in [2.24, 2.45) is 7.05 Å². The normalized spacial score (nSPS) is 11.0. The lowest BCUT2D eigenvalue weighted by Gasteiger charge is -1.99. The third kappa shape index (κ3) is 1.18. The Hall–Kier alpha value is -1.13. The Labute approximate surface area is 62.8 Å². The number of nitrogen functional groups attached to an aromatic ring is 1. The van der Waals surface area contributed by atoms with Gasteiger partial charge in [0.1, 0.15) is 5.69 Å². The molecule has 0 fully saturated rings. The molecule has 2 N–H and O–H groups in total. The zero-order valence-corrected chi connectivity index (χ0v) is 6.31. The highest BCUT2D eigenvalue weighted by atomic mass is 19.3. The molecule has 0 radical (unpaired) electrons. The third-order valence-corrected chi connectivity index (χ3v) is 1.52. The summed E-state index contributed by atoms with van der Waals surface area (Å²) in [6.07, 6.45) is -2.55. The molecule has 0 aromatic carbocycles. The standard InChI is InChI=1S/C6H9F2N3/c1-3-4(9)5(6(7)8)11(2)10-3/h6H,9H2,1-2H3. The Morgan fingerprint density at radius 2 is 2.09 bits per heavy atom. The first kappa shape index (κ1) is 7.97. The van der Waals surface area contributed by atoms with Crippen LogP contribution in [0.4, 0.5) is 14.5 Å². The summed E-state index contributed by atoms with van der Waals surface area (Å²) in [6.45, 7) is 1.60. The van der Waals surface area contributed by atoms with Crippen LogP contribution in [-0.4, -0.2) is 9.78 Å². The maximum atomic E-state index is 12.2. The largest absolute Gasteiger partial charge is 0.396 e. The number of hydrogen-bond donors (Lipinski definition) is 1. The highest BCUT2D eigenvalue weighted by Gasteiger charge is 2.18. The zero-order valence-electron chi connectivity index (χ0n) is 6.31. The second-order valence-corrected chi connectivity index (χ2v) is 2.31. The van der Waals surface area contributed by atoms with Crippen LogP contribution >= 0.6 is 0 Å². The number of halogens is 2. The molecular weight excluding hydrogens is 152 g/mol. The number of rotatable bonds is 1. The van der Waals surface area contributed by atoms with Crippen molar-refractivity contribution >= 4 is 5.69 Å². The molecule has 5 heteroatoms.